The molecule has 1 aromatic carbocycles. The van der Waals surface area contributed by atoms with Gasteiger partial charge in [-0.3, -0.25) is 4.79 Å². The van der Waals surface area contributed by atoms with Crippen LogP contribution < -0.4 is 10.1 Å². The minimum atomic E-state index is -0.391. The molecule has 0 heterocycles. The predicted octanol–water partition coefficient (Wildman–Crippen LogP) is 1.91. The minimum absolute atomic E-state index is 0.00384. The minimum Gasteiger partial charge on any atom is -0.497 e. The van der Waals surface area contributed by atoms with Crippen molar-refractivity contribution in [3.63, 3.8) is 0 Å². The molecule has 0 aromatic heterocycles. The second kappa shape index (κ2) is 4.98. The molecule has 0 amide bonds. The predicted molar refractivity (Wildman–Crippen MR) is 68.5 cm³/mol. The Labute approximate surface area is 107 Å². The van der Waals surface area contributed by atoms with Crippen LogP contribution in [0.25, 0.3) is 0 Å². The van der Waals surface area contributed by atoms with Gasteiger partial charge < -0.3 is 14.8 Å². The van der Waals surface area contributed by atoms with E-state index in [0.717, 1.165) is 24.2 Å². The fourth-order valence-electron chi connectivity index (χ4n) is 2.51. The van der Waals surface area contributed by atoms with Crippen LogP contribution in [-0.4, -0.2) is 27.2 Å². The summed E-state index contributed by atoms with van der Waals surface area (Å²) in [5, 5.41) is 3.23. The third kappa shape index (κ3) is 2.08. The van der Waals surface area contributed by atoms with Crippen LogP contribution in [0.2, 0.25) is 0 Å². The molecule has 1 unspecified atom stereocenters. The van der Waals surface area contributed by atoms with Gasteiger partial charge in [0.15, 0.2) is 0 Å². The highest BCUT2D eigenvalue weighted by atomic mass is 16.5. The number of ether oxygens (including phenoxy) is 2. The van der Waals surface area contributed by atoms with E-state index in [9.17, 15) is 4.79 Å². The van der Waals surface area contributed by atoms with Gasteiger partial charge in [-0.05, 0) is 37.6 Å². The summed E-state index contributed by atoms with van der Waals surface area (Å²) in [7, 11) is 4.96. The monoisotopic (exact) mass is 249 g/mol. The summed E-state index contributed by atoms with van der Waals surface area (Å²) in [6.07, 6.45) is 1.74. The van der Waals surface area contributed by atoms with Crippen LogP contribution in [0.4, 0.5) is 0 Å². The van der Waals surface area contributed by atoms with Crippen molar-refractivity contribution in [3.05, 3.63) is 29.8 Å². The first-order chi connectivity index (χ1) is 8.67. The first-order valence-electron chi connectivity index (χ1n) is 6.07. The first-order valence-corrected chi connectivity index (χ1v) is 6.07. The van der Waals surface area contributed by atoms with Crippen molar-refractivity contribution in [2.45, 2.75) is 18.9 Å². The lowest BCUT2D eigenvalue weighted by Gasteiger charge is -2.25. The smallest absolute Gasteiger partial charge is 0.313 e. The molecule has 0 bridgehead atoms. The maximum Gasteiger partial charge on any atom is 0.313 e. The van der Waals surface area contributed by atoms with Crippen molar-refractivity contribution in [2.24, 2.45) is 5.41 Å². The molecule has 0 aliphatic heterocycles. The molecule has 0 saturated heterocycles. The van der Waals surface area contributed by atoms with E-state index >= 15 is 0 Å². The summed E-state index contributed by atoms with van der Waals surface area (Å²) < 4.78 is 10.1. The Morgan fingerprint density at radius 1 is 1.28 bits per heavy atom. The number of hydrogen-bond acceptors (Lipinski definition) is 4. The van der Waals surface area contributed by atoms with Crippen LogP contribution >= 0.6 is 0 Å². The highest BCUT2D eigenvalue weighted by molar-refractivity contribution is 5.81. The molecule has 1 fully saturated rings. The summed E-state index contributed by atoms with van der Waals surface area (Å²) in [6.45, 7) is 0. The standard InChI is InChI=1S/C14H19NO3/c1-15-12(14(8-9-14)13(16)18-3)10-4-6-11(17-2)7-5-10/h4-7,12,15H,8-9H2,1-3H3. The quantitative estimate of drug-likeness (QED) is 0.810. The molecule has 4 heteroatoms. The van der Waals surface area contributed by atoms with Gasteiger partial charge in [-0.1, -0.05) is 12.1 Å². The lowest BCUT2D eigenvalue weighted by Crippen LogP contribution is -2.33. The molecule has 98 valence electrons. The maximum absolute atomic E-state index is 11.9. The van der Waals surface area contributed by atoms with Crippen molar-refractivity contribution in [1.29, 1.82) is 0 Å². The molecule has 1 saturated carbocycles. The average Bonchev–Trinajstić information content (AvgIpc) is 3.21. The molecule has 1 aliphatic carbocycles. The number of esters is 1. The van der Waals surface area contributed by atoms with E-state index in [1.165, 1.54) is 7.11 Å². The van der Waals surface area contributed by atoms with Crippen molar-refractivity contribution in [1.82, 2.24) is 5.32 Å². The number of benzene rings is 1. The summed E-state index contributed by atoms with van der Waals surface area (Å²) >= 11 is 0. The Balaban J connectivity index is 2.25. The highest BCUT2D eigenvalue weighted by Gasteiger charge is 2.56. The Kier molecular flexibility index (Phi) is 3.57. The van der Waals surface area contributed by atoms with Gasteiger partial charge in [0, 0.05) is 6.04 Å². The summed E-state index contributed by atoms with van der Waals surface area (Å²) in [6, 6.07) is 7.79. The Morgan fingerprint density at radius 2 is 1.89 bits per heavy atom. The number of rotatable bonds is 5. The molecule has 4 nitrogen and oxygen atoms in total. The van der Waals surface area contributed by atoms with E-state index in [2.05, 4.69) is 5.32 Å². The molecule has 1 atom stereocenters. The zero-order valence-electron chi connectivity index (χ0n) is 11.0. The molecular formula is C14H19NO3. The molecule has 1 aliphatic rings. The number of hydrogen-bond donors (Lipinski definition) is 1. The van der Waals surface area contributed by atoms with Gasteiger partial charge in [-0.25, -0.2) is 0 Å². The van der Waals surface area contributed by atoms with Crippen LogP contribution in [0.15, 0.2) is 24.3 Å². The molecule has 0 radical (unpaired) electrons. The van der Waals surface area contributed by atoms with E-state index in [4.69, 9.17) is 9.47 Å². The average molecular weight is 249 g/mol. The molecule has 0 spiro atoms. The molecule has 18 heavy (non-hydrogen) atoms. The van der Waals surface area contributed by atoms with Gasteiger partial charge in [0.25, 0.3) is 0 Å². The third-order valence-electron chi connectivity index (χ3n) is 3.67. The zero-order valence-corrected chi connectivity index (χ0v) is 11.0. The van der Waals surface area contributed by atoms with Crippen LogP contribution in [0, 0.1) is 5.41 Å². The normalized spacial score (nSPS) is 17.9. The van der Waals surface area contributed by atoms with Crippen molar-refractivity contribution < 1.29 is 14.3 Å². The van der Waals surface area contributed by atoms with Crippen molar-refractivity contribution in [3.8, 4) is 5.75 Å². The van der Waals surface area contributed by atoms with Crippen LogP contribution in [0.3, 0.4) is 0 Å². The van der Waals surface area contributed by atoms with Gasteiger partial charge >= 0.3 is 5.97 Å². The number of nitrogens with one attached hydrogen (secondary N) is 1. The highest BCUT2D eigenvalue weighted by Crippen LogP contribution is 2.55. The lowest BCUT2D eigenvalue weighted by atomic mass is 9.90. The first kappa shape index (κ1) is 12.9. The Hall–Kier alpha value is -1.55. The van der Waals surface area contributed by atoms with E-state index in [0.29, 0.717) is 0 Å². The van der Waals surface area contributed by atoms with E-state index in [1.807, 2.05) is 31.3 Å². The van der Waals surface area contributed by atoms with Gasteiger partial charge in [0.05, 0.1) is 19.6 Å². The summed E-state index contributed by atoms with van der Waals surface area (Å²) in [5.41, 5.74) is 0.694. The Morgan fingerprint density at radius 3 is 2.28 bits per heavy atom. The van der Waals surface area contributed by atoms with Crippen molar-refractivity contribution in [2.75, 3.05) is 21.3 Å². The van der Waals surface area contributed by atoms with Gasteiger partial charge in [0.2, 0.25) is 0 Å². The number of carbonyl (C=O) groups excluding carboxylic acids is 1. The van der Waals surface area contributed by atoms with Crippen LogP contribution in [0.5, 0.6) is 5.75 Å². The van der Waals surface area contributed by atoms with E-state index < -0.39 is 5.41 Å². The van der Waals surface area contributed by atoms with E-state index in [-0.39, 0.29) is 12.0 Å². The van der Waals surface area contributed by atoms with E-state index in [1.54, 1.807) is 7.11 Å². The number of methoxy groups -OCH3 is 2. The van der Waals surface area contributed by atoms with Gasteiger partial charge in [-0.2, -0.15) is 0 Å². The maximum atomic E-state index is 11.9. The fourth-order valence-corrected chi connectivity index (χ4v) is 2.51. The third-order valence-corrected chi connectivity index (χ3v) is 3.67. The molecule has 1 N–H and O–H groups in total. The number of carbonyl (C=O) groups is 1. The molecular weight excluding hydrogens is 230 g/mol. The fraction of sp³-hybridized carbons (Fsp3) is 0.500. The SMILES string of the molecule is CNC(c1ccc(OC)cc1)C1(C(=O)OC)CC1. The molecule has 1 aromatic rings. The second-order valence-electron chi connectivity index (χ2n) is 4.64. The lowest BCUT2D eigenvalue weighted by molar-refractivity contribution is -0.148. The largest absolute Gasteiger partial charge is 0.497 e. The van der Waals surface area contributed by atoms with Crippen LogP contribution in [-0.2, 0) is 9.53 Å². The molecule has 2 rings (SSSR count). The van der Waals surface area contributed by atoms with Gasteiger partial charge in [0.1, 0.15) is 5.75 Å². The summed E-state index contributed by atoms with van der Waals surface area (Å²) in [4.78, 5) is 11.9. The Bertz CT molecular complexity index is 423. The zero-order chi connectivity index (χ0) is 13.2. The van der Waals surface area contributed by atoms with Gasteiger partial charge in [-0.15, -0.1) is 0 Å². The summed E-state index contributed by atoms with van der Waals surface area (Å²) in [5.74, 6) is 0.689. The topological polar surface area (TPSA) is 47.6 Å². The van der Waals surface area contributed by atoms with Crippen LogP contribution in [0.1, 0.15) is 24.4 Å². The second-order valence-corrected chi connectivity index (χ2v) is 4.64. The van der Waals surface area contributed by atoms with Crippen molar-refractivity contribution >= 4 is 5.97 Å².